The lowest BCUT2D eigenvalue weighted by molar-refractivity contribution is 0.0980. The maximum atomic E-state index is 5.83. The number of hydrogen-bond acceptors (Lipinski definition) is 4. The van der Waals surface area contributed by atoms with Crippen molar-refractivity contribution in [1.29, 1.82) is 0 Å². The zero-order chi connectivity index (χ0) is 23.8. The number of benzene rings is 1. The third-order valence-corrected chi connectivity index (χ3v) is 7.74. The van der Waals surface area contributed by atoms with Gasteiger partial charge in [0.25, 0.3) is 0 Å². The standard InChI is InChI=1S/C29H41N3O/c1-8-10-11-21(3)19-30-14-12-29(13-15-30)27-18-23(5)28-25(16-22(4)17-26(28)33-7)20-31(27)24(6)32(29)9-2/h8,10-11,16-18,23H,6,9,12-15,19-20H2,1-5,7H3/b10-8-,21-11+. The Labute approximate surface area is 200 Å². The highest BCUT2D eigenvalue weighted by molar-refractivity contribution is 5.51. The smallest absolute Gasteiger partial charge is 0.123 e. The Balaban J connectivity index is 1.66. The van der Waals surface area contributed by atoms with Gasteiger partial charge in [-0.3, -0.25) is 4.90 Å². The number of methoxy groups -OCH3 is 1. The van der Waals surface area contributed by atoms with Gasteiger partial charge in [-0.1, -0.05) is 49.4 Å². The van der Waals surface area contributed by atoms with E-state index in [2.05, 4.69) is 92.3 Å². The van der Waals surface area contributed by atoms with Crippen LogP contribution < -0.4 is 4.74 Å². The van der Waals surface area contributed by atoms with Crippen molar-refractivity contribution in [1.82, 2.24) is 14.7 Å². The minimum absolute atomic E-state index is 0.0435. The Morgan fingerprint density at radius 1 is 1.27 bits per heavy atom. The molecule has 2 saturated heterocycles. The summed E-state index contributed by atoms with van der Waals surface area (Å²) in [5.41, 5.74) is 6.87. The number of hydrogen-bond donors (Lipinski definition) is 0. The van der Waals surface area contributed by atoms with Gasteiger partial charge in [-0.2, -0.15) is 0 Å². The van der Waals surface area contributed by atoms with E-state index in [-0.39, 0.29) is 5.54 Å². The molecular formula is C29H41N3O. The van der Waals surface area contributed by atoms with Gasteiger partial charge in [0.1, 0.15) is 11.6 Å². The third kappa shape index (κ3) is 4.14. The van der Waals surface area contributed by atoms with Crippen LogP contribution in [0.2, 0.25) is 0 Å². The molecule has 3 heterocycles. The van der Waals surface area contributed by atoms with Crippen LogP contribution in [0.25, 0.3) is 0 Å². The number of allylic oxidation sites excluding steroid dienone is 4. The second kappa shape index (κ2) is 9.42. The van der Waals surface area contributed by atoms with E-state index in [4.69, 9.17) is 4.74 Å². The van der Waals surface area contributed by atoms with Crippen LogP contribution in [-0.2, 0) is 6.54 Å². The Hall–Kier alpha value is -2.46. The average Bonchev–Trinajstić information content (AvgIpc) is 2.90. The molecular weight excluding hydrogens is 406 g/mol. The van der Waals surface area contributed by atoms with E-state index in [1.807, 2.05) is 0 Å². The molecule has 1 spiro atoms. The van der Waals surface area contributed by atoms with E-state index in [1.165, 1.54) is 28.0 Å². The lowest BCUT2D eigenvalue weighted by Crippen LogP contribution is -2.52. The zero-order valence-corrected chi connectivity index (χ0v) is 21.4. The molecule has 2 fully saturated rings. The summed E-state index contributed by atoms with van der Waals surface area (Å²) in [6.07, 6.45) is 11.3. The minimum Gasteiger partial charge on any atom is -0.496 e. The number of likely N-dealkylation sites (N-methyl/N-ethyl adjacent to an activating group) is 1. The molecule has 4 nitrogen and oxygen atoms in total. The zero-order valence-electron chi connectivity index (χ0n) is 21.4. The Kier molecular flexibility index (Phi) is 6.76. The molecule has 4 rings (SSSR count). The van der Waals surface area contributed by atoms with Gasteiger partial charge in [0.05, 0.1) is 12.6 Å². The molecule has 3 aliphatic heterocycles. The highest BCUT2D eigenvalue weighted by Gasteiger charge is 2.52. The number of aryl methyl sites for hydroxylation is 1. The Bertz CT molecular complexity index is 994. The molecule has 1 aromatic carbocycles. The number of likely N-dealkylation sites (tertiary alicyclic amines) is 1. The van der Waals surface area contributed by atoms with E-state index in [0.29, 0.717) is 5.92 Å². The fourth-order valence-corrected chi connectivity index (χ4v) is 6.25. The first kappa shape index (κ1) is 23.7. The molecule has 1 atom stereocenters. The summed E-state index contributed by atoms with van der Waals surface area (Å²) in [6.45, 7) is 20.8. The molecule has 1 aromatic rings. The first-order valence-corrected chi connectivity index (χ1v) is 12.5. The predicted molar refractivity (Wildman–Crippen MR) is 138 cm³/mol. The van der Waals surface area contributed by atoms with Gasteiger partial charge < -0.3 is 14.5 Å². The van der Waals surface area contributed by atoms with E-state index < -0.39 is 0 Å². The second-order valence-corrected chi connectivity index (χ2v) is 9.97. The Morgan fingerprint density at radius 3 is 2.64 bits per heavy atom. The van der Waals surface area contributed by atoms with Gasteiger partial charge in [0, 0.05) is 49.9 Å². The maximum Gasteiger partial charge on any atom is 0.123 e. The normalized spacial score (nSPS) is 23.1. The van der Waals surface area contributed by atoms with Gasteiger partial charge in [-0.15, -0.1) is 0 Å². The fourth-order valence-electron chi connectivity index (χ4n) is 6.25. The summed E-state index contributed by atoms with van der Waals surface area (Å²) >= 11 is 0. The van der Waals surface area contributed by atoms with E-state index in [0.717, 1.165) is 57.1 Å². The van der Waals surface area contributed by atoms with Crippen molar-refractivity contribution >= 4 is 0 Å². The van der Waals surface area contributed by atoms with Crippen LogP contribution in [0.3, 0.4) is 0 Å². The van der Waals surface area contributed by atoms with Crippen LogP contribution in [0.1, 0.15) is 63.1 Å². The molecule has 1 unspecified atom stereocenters. The highest BCUT2D eigenvalue weighted by atomic mass is 16.5. The van der Waals surface area contributed by atoms with Gasteiger partial charge in [0.15, 0.2) is 0 Å². The molecule has 0 radical (unpaired) electrons. The molecule has 33 heavy (non-hydrogen) atoms. The average molecular weight is 448 g/mol. The number of piperidine rings is 1. The van der Waals surface area contributed by atoms with Crippen molar-refractivity contribution in [3.05, 3.63) is 76.8 Å². The summed E-state index contributed by atoms with van der Waals surface area (Å²) < 4.78 is 5.83. The molecule has 0 N–H and O–H groups in total. The van der Waals surface area contributed by atoms with Gasteiger partial charge in [-0.05, 0) is 57.7 Å². The predicted octanol–water partition coefficient (Wildman–Crippen LogP) is 5.97. The van der Waals surface area contributed by atoms with Crippen LogP contribution in [-0.4, -0.2) is 53.5 Å². The van der Waals surface area contributed by atoms with Crippen molar-refractivity contribution in [3.8, 4) is 5.75 Å². The molecule has 0 aliphatic carbocycles. The fraction of sp³-hybridized carbons (Fsp3) is 0.517. The van der Waals surface area contributed by atoms with Crippen molar-refractivity contribution in [2.45, 2.75) is 65.5 Å². The summed E-state index contributed by atoms with van der Waals surface area (Å²) in [6, 6.07) is 4.51. The van der Waals surface area contributed by atoms with E-state index in [9.17, 15) is 0 Å². The van der Waals surface area contributed by atoms with E-state index in [1.54, 1.807) is 7.11 Å². The number of nitrogens with zero attached hydrogens (tertiary/aromatic N) is 3. The van der Waals surface area contributed by atoms with Crippen LogP contribution >= 0.6 is 0 Å². The lowest BCUT2D eigenvalue weighted by atomic mass is 9.82. The molecule has 4 heteroatoms. The van der Waals surface area contributed by atoms with Crippen LogP contribution in [0.15, 0.2) is 60.1 Å². The highest BCUT2D eigenvalue weighted by Crippen LogP contribution is 2.50. The third-order valence-electron chi connectivity index (χ3n) is 7.74. The van der Waals surface area contributed by atoms with Gasteiger partial charge >= 0.3 is 0 Å². The van der Waals surface area contributed by atoms with Crippen molar-refractivity contribution in [3.63, 3.8) is 0 Å². The van der Waals surface area contributed by atoms with Crippen molar-refractivity contribution < 1.29 is 4.74 Å². The number of fused-ring (bicyclic) bond motifs is 3. The number of rotatable bonds is 5. The first-order valence-electron chi connectivity index (χ1n) is 12.5. The monoisotopic (exact) mass is 447 g/mol. The molecule has 178 valence electrons. The van der Waals surface area contributed by atoms with Crippen LogP contribution in [0.5, 0.6) is 5.75 Å². The topological polar surface area (TPSA) is 19.0 Å². The minimum atomic E-state index is 0.0435. The molecule has 0 aromatic heterocycles. The van der Waals surface area contributed by atoms with Gasteiger partial charge in [-0.25, -0.2) is 0 Å². The largest absolute Gasteiger partial charge is 0.496 e. The lowest BCUT2D eigenvalue weighted by Gasteiger charge is -2.45. The first-order chi connectivity index (χ1) is 15.8. The Morgan fingerprint density at radius 2 is 2.00 bits per heavy atom. The SMILES string of the molecule is C=C1N2Cc3cc(C)cc(OC)c3C(C)C=C2C2(CCN(C/C(C)=C/C=C\C)CC2)N1CC. The summed E-state index contributed by atoms with van der Waals surface area (Å²) in [7, 11) is 1.79. The molecule has 3 aliphatic rings. The summed E-state index contributed by atoms with van der Waals surface area (Å²) in [5.74, 6) is 2.48. The number of ether oxygens (including phenoxy) is 1. The van der Waals surface area contributed by atoms with Crippen molar-refractivity contribution in [2.24, 2.45) is 0 Å². The molecule has 0 amide bonds. The summed E-state index contributed by atoms with van der Waals surface area (Å²) in [4.78, 5) is 7.70. The molecule has 0 saturated carbocycles. The summed E-state index contributed by atoms with van der Waals surface area (Å²) in [5, 5.41) is 0. The van der Waals surface area contributed by atoms with Crippen LogP contribution in [0.4, 0.5) is 0 Å². The van der Waals surface area contributed by atoms with Crippen LogP contribution in [0, 0.1) is 6.92 Å². The van der Waals surface area contributed by atoms with Gasteiger partial charge in [0.2, 0.25) is 0 Å². The second-order valence-electron chi connectivity index (χ2n) is 9.97. The quantitative estimate of drug-likeness (QED) is 0.518. The maximum absolute atomic E-state index is 5.83. The van der Waals surface area contributed by atoms with Crippen molar-refractivity contribution in [2.75, 3.05) is 33.3 Å². The molecule has 0 bridgehead atoms. The van der Waals surface area contributed by atoms with E-state index >= 15 is 0 Å².